The van der Waals surface area contributed by atoms with Crippen LogP contribution < -0.4 is 0 Å². The van der Waals surface area contributed by atoms with E-state index in [9.17, 15) is 18.9 Å². The number of hydrogen-bond donors (Lipinski definition) is 0. The molecular formula is C18H33O10P. The number of rotatable bonds is 9. The normalized spacial score (nSPS) is 13.0. The topological polar surface area (TPSA) is 124 Å². The number of carbonyl (C=O) groups excluding carboxylic acids is 3. The largest absolute Gasteiger partial charge is 0.483 e. The van der Waals surface area contributed by atoms with Crippen LogP contribution in [0.4, 0.5) is 0 Å². The fourth-order valence-corrected chi connectivity index (χ4v) is 1.96. The fraction of sp³-hybridized carbons (Fsp3) is 0.833. The summed E-state index contributed by atoms with van der Waals surface area (Å²) >= 11 is 0. The molecule has 0 fully saturated rings. The maximum atomic E-state index is 12.7. The van der Waals surface area contributed by atoms with Gasteiger partial charge in [0.1, 0.15) is 0 Å². The van der Waals surface area contributed by atoms with Gasteiger partial charge in [-0.1, -0.05) is 0 Å². The van der Waals surface area contributed by atoms with Gasteiger partial charge in [0, 0.05) is 0 Å². The van der Waals surface area contributed by atoms with Crippen molar-refractivity contribution in [3.05, 3.63) is 0 Å². The van der Waals surface area contributed by atoms with Gasteiger partial charge >= 0.3 is 25.7 Å². The molecule has 0 aromatic heterocycles. The number of carbonyl (C=O) groups is 3. The lowest BCUT2D eigenvalue weighted by atomic mass is 9.98. The summed E-state index contributed by atoms with van der Waals surface area (Å²) in [5.41, 5.74) is -2.42. The molecule has 0 aliphatic carbocycles. The third-order valence-corrected chi connectivity index (χ3v) is 4.30. The van der Waals surface area contributed by atoms with E-state index in [4.69, 9.17) is 27.8 Å². The first-order valence-corrected chi connectivity index (χ1v) is 10.4. The van der Waals surface area contributed by atoms with Gasteiger partial charge in [0.15, 0.2) is 0 Å². The Labute approximate surface area is 172 Å². The Balaban J connectivity index is 4.88. The average Bonchev–Trinajstić information content (AvgIpc) is 2.51. The zero-order chi connectivity index (χ0) is 23.1. The van der Waals surface area contributed by atoms with Crippen molar-refractivity contribution in [2.24, 2.45) is 16.2 Å². The molecule has 0 bridgehead atoms. The number of phosphoric ester groups is 1. The highest BCUT2D eigenvalue weighted by Gasteiger charge is 2.32. The first kappa shape index (κ1) is 27.5. The van der Waals surface area contributed by atoms with Gasteiger partial charge in [-0.05, 0) is 62.3 Å². The van der Waals surface area contributed by atoms with E-state index in [0.717, 1.165) is 0 Å². The minimum Gasteiger partial charge on any atom is -0.437 e. The van der Waals surface area contributed by atoms with Crippen molar-refractivity contribution in [2.45, 2.75) is 62.3 Å². The van der Waals surface area contributed by atoms with E-state index in [0.29, 0.717) is 0 Å². The van der Waals surface area contributed by atoms with Crippen LogP contribution in [-0.2, 0) is 46.7 Å². The minimum atomic E-state index is -4.38. The van der Waals surface area contributed by atoms with Crippen molar-refractivity contribution in [1.82, 2.24) is 0 Å². The van der Waals surface area contributed by atoms with Crippen LogP contribution in [0.2, 0.25) is 0 Å². The maximum Gasteiger partial charge on any atom is 0.483 e. The van der Waals surface area contributed by atoms with Gasteiger partial charge in [-0.3, -0.25) is 14.4 Å². The molecule has 0 rings (SSSR count). The molecule has 11 heteroatoms. The molecule has 0 atom stereocenters. The third kappa shape index (κ3) is 11.3. The Kier molecular flexibility index (Phi) is 9.98. The lowest BCUT2D eigenvalue weighted by Crippen LogP contribution is -2.25. The summed E-state index contributed by atoms with van der Waals surface area (Å²) in [7, 11) is -4.38. The molecule has 0 N–H and O–H groups in total. The molecule has 0 heterocycles. The Morgan fingerprint density at radius 2 is 0.759 bits per heavy atom. The second-order valence-corrected chi connectivity index (χ2v) is 10.9. The maximum absolute atomic E-state index is 12.7. The lowest BCUT2D eigenvalue weighted by Gasteiger charge is -2.22. The van der Waals surface area contributed by atoms with Gasteiger partial charge in [0.25, 0.3) is 0 Å². The number of ether oxygens (including phenoxy) is 3. The van der Waals surface area contributed by atoms with Crippen LogP contribution >= 0.6 is 7.82 Å². The van der Waals surface area contributed by atoms with E-state index in [-0.39, 0.29) is 0 Å². The standard InChI is InChI=1S/C18H33O10P/c1-16(2,3)13(19)23-10-26-29(22,27-11-24-14(20)17(4,5)6)28-12-25-15(21)18(7,8)9/h10-12H2,1-9H3. The van der Waals surface area contributed by atoms with Crippen LogP contribution in [0.3, 0.4) is 0 Å². The third-order valence-electron chi connectivity index (χ3n) is 3.04. The van der Waals surface area contributed by atoms with Crippen LogP contribution in [0.1, 0.15) is 62.3 Å². The highest BCUT2D eigenvalue weighted by Crippen LogP contribution is 2.49. The van der Waals surface area contributed by atoms with Crippen molar-refractivity contribution in [2.75, 3.05) is 20.4 Å². The quantitative estimate of drug-likeness (QED) is 0.226. The van der Waals surface area contributed by atoms with Gasteiger partial charge in [0.2, 0.25) is 20.4 Å². The predicted molar refractivity (Wildman–Crippen MR) is 102 cm³/mol. The van der Waals surface area contributed by atoms with Crippen molar-refractivity contribution in [3.8, 4) is 0 Å². The number of esters is 3. The smallest absolute Gasteiger partial charge is 0.437 e. The van der Waals surface area contributed by atoms with E-state index in [1.165, 1.54) is 0 Å². The molecule has 0 aromatic carbocycles. The first-order valence-electron chi connectivity index (χ1n) is 8.94. The summed E-state index contributed by atoms with van der Waals surface area (Å²) in [4.78, 5) is 35.3. The Hall–Kier alpha value is -1.48. The molecule has 0 spiro atoms. The summed E-state index contributed by atoms with van der Waals surface area (Å²) in [5, 5.41) is 0. The first-order chi connectivity index (χ1) is 12.9. The summed E-state index contributed by atoms with van der Waals surface area (Å²) in [6.45, 7) is 12.4. The van der Waals surface area contributed by atoms with E-state index in [1.54, 1.807) is 62.3 Å². The zero-order valence-corrected chi connectivity index (χ0v) is 19.5. The molecule has 170 valence electrons. The Bertz CT molecular complexity index is 536. The molecule has 0 radical (unpaired) electrons. The number of hydrogen-bond acceptors (Lipinski definition) is 10. The van der Waals surface area contributed by atoms with Crippen LogP contribution in [-0.4, -0.2) is 38.3 Å². The van der Waals surface area contributed by atoms with Crippen LogP contribution in [0.5, 0.6) is 0 Å². The van der Waals surface area contributed by atoms with Crippen LogP contribution in [0, 0.1) is 16.2 Å². The van der Waals surface area contributed by atoms with Crippen molar-refractivity contribution >= 4 is 25.7 Å². The fourth-order valence-electron chi connectivity index (χ4n) is 1.19. The second-order valence-electron chi connectivity index (χ2n) is 9.23. The molecule has 29 heavy (non-hydrogen) atoms. The van der Waals surface area contributed by atoms with Crippen molar-refractivity contribution in [3.63, 3.8) is 0 Å². The van der Waals surface area contributed by atoms with Gasteiger partial charge in [-0.2, -0.15) is 0 Å². The van der Waals surface area contributed by atoms with E-state index >= 15 is 0 Å². The van der Waals surface area contributed by atoms with Gasteiger partial charge in [-0.25, -0.2) is 18.1 Å². The molecule has 0 amide bonds. The van der Waals surface area contributed by atoms with E-state index in [1.807, 2.05) is 0 Å². The minimum absolute atomic E-state index is 0.609. The average molecular weight is 440 g/mol. The van der Waals surface area contributed by atoms with Gasteiger partial charge < -0.3 is 14.2 Å². The summed E-state index contributed by atoms with van der Waals surface area (Å²) in [6.07, 6.45) is 0. The molecule has 0 aromatic rings. The molecule has 0 aliphatic heterocycles. The monoisotopic (exact) mass is 440 g/mol. The van der Waals surface area contributed by atoms with Gasteiger partial charge in [-0.15, -0.1) is 0 Å². The predicted octanol–water partition coefficient (Wildman–Crippen LogP) is 3.78. The van der Waals surface area contributed by atoms with E-state index in [2.05, 4.69) is 0 Å². The van der Waals surface area contributed by atoms with Crippen molar-refractivity contribution < 1.29 is 46.7 Å². The summed E-state index contributed by atoms with van der Waals surface area (Å²) < 4.78 is 42.0. The van der Waals surface area contributed by atoms with Crippen LogP contribution in [0.25, 0.3) is 0 Å². The molecule has 0 aliphatic rings. The molecule has 0 saturated heterocycles. The molecule has 0 saturated carbocycles. The van der Waals surface area contributed by atoms with Crippen molar-refractivity contribution in [1.29, 1.82) is 0 Å². The molecule has 10 nitrogen and oxygen atoms in total. The second kappa shape index (κ2) is 10.5. The number of phosphoric acid groups is 1. The molecular weight excluding hydrogens is 407 g/mol. The highest BCUT2D eigenvalue weighted by molar-refractivity contribution is 7.48. The molecule has 0 unspecified atom stereocenters. The highest BCUT2D eigenvalue weighted by atomic mass is 31.2. The lowest BCUT2D eigenvalue weighted by molar-refractivity contribution is -0.166. The summed E-state index contributed by atoms with van der Waals surface area (Å²) in [6, 6.07) is 0. The summed E-state index contributed by atoms with van der Waals surface area (Å²) in [5.74, 6) is -1.83. The van der Waals surface area contributed by atoms with Gasteiger partial charge in [0.05, 0.1) is 16.2 Å². The Morgan fingerprint density at radius 3 is 0.931 bits per heavy atom. The van der Waals surface area contributed by atoms with Crippen LogP contribution in [0.15, 0.2) is 0 Å². The zero-order valence-electron chi connectivity index (χ0n) is 18.7. The van der Waals surface area contributed by atoms with E-state index < -0.39 is 62.4 Å². The Morgan fingerprint density at radius 1 is 0.552 bits per heavy atom. The SMILES string of the molecule is CC(C)(C)C(=O)OCOP(=O)(OCOC(=O)C(C)(C)C)OCOC(=O)C(C)(C)C.